The van der Waals surface area contributed by atoms with Crippen molar-refractivity contribution in [3.63, 3.8) is 0 Å². The third-order valence-corrected chi connectivity index (χ3v) is 3.92. The summed E-state index contributed by atoms with van der Waals surface area (Å²) in [5.74, 6) is -0.968. The third-order valence-electron chi connectivity index (χ3n) is 2.62. The van der Waals surface area contributed by atoms with Gasteiger partial charge in [0.1, 0.15) is 4.75 Å². The van der Waals surface area contributed by atoms with Gasteiger partial charge in [-0.3, -0.25) is 14.9 Å². The number of carbonyl (C=O) groups is 2. The van der Waals surface area contributed by atoms with E-state index in [4.69, 9.17) is 9.63 Å². The molecule has 1 amide bonds. The van der Waals surface area contributed by atoms with E-state index >= 15 is 0 Å². The highest BCUT2D eigenvalue weighted by atomic mass is 32.2. The summed E-state index contributed by atoms with van der Waals surface area (Å²) in [7, 11) is 0. The minimum absolute atomic E-state index is 0.0326. The van der Waals surface area contributed by atoms with E-state index in [1.807, 2.05) is 20.8 Å². The smallest absolute Gasteiger partial charge is 0.319 e. The van der Waals surface area contributed by atoms with Gasteiger partial charge in [-0.15, -0.1) is 11.8 Å². The van der Waals surface area contributed by atoms with Gasteiger partial charge in [-0.2, -0.15) is 0 Å². The standard InChI is InChI=1S/C13H20N2O4S/c1-12(2,3)8-6-10(19-15-8)14-9(16)7-20-13(4,5)11(17)18/h6H,7H2,1-5H3,(H,14,16)(H,17,18). The Morgan fingerprint density at radius 1 is 1.35 bits per heavy atom. The van der Waals surface area contributed by atoms with Crippen molar-refractivity contribution in [2.45, 2.75) is 44.8 Å². The molecule has 1 aromatic heterocycles. The summed E-state index contributed by atoms with van der Waals surface area (Å²) < 4.78 is 4.03. The van der Waals surface area contributed by atoms with Crippen LogP contribution in [0.25, 0.3) is 0 Å². The fraction of sp³-hybridized carbons (Fsp3) is 0.615. The Labute approximate surface area is 122 Å². The number of carboxylic acids is 1. The number of amides is 1. The Morgan fingerprint density at radius 3 is 2.40 bits per heavy atom. The molecule has 0 aromatic carbocycles. The number of hydrogen-bond acceptors (Lipinski definition) is 5. The molecule has 0 saturated heterocycles. The van der Waals surface area contributed by atoms with Crippen LogP contribution in [0.4, 0.5) is 5.88 Å². The molecular formula is C13H20N2O4S. The van der Waals surface area contributed by atoms with E-state index in [9.17, 15) is 9.59 Å². The van der Waals surface area contributed by atoms with Crippen molar-refractivity contribution in [3.8, 4) is 0 Å². The van der Waals surface area contributed by atoms with Crippen LogP contribution in [-0.4, -0.2) is 32.6 Å². The lowest BCUT2D eigenvalue weighted by molar-refractivity contribution is -0.138. The summed E-state index contributed by atoms with van der Waals surface area (Å²) in [5.41, 5.74) is 0.582. The van der Waals surface area contributed by atoms with Crippen LogP contribution < -0.4 is 5.32 Å². The molecule has 0 atom stereocenters. The van der Waals surface area contributed by atoms with E-state index in [0.29, 0.717) is 0 Å². The number of nitrogens with zero attached hydrogens (tertiary/aromatic N) is 1. The number of carboxylic acid groups (broad SMARTS) is 1. The molecule has 0 bridgehead atoms. The molecule has 0 aliphatic carbocycles. The number of nitrogens with one attached hydrogen (secondary N) is 1. The molecule has 7 heteroatoms. The van der Waals surface area contributed by atoms with Crippen LogP contribution in [0.1, 0.15) is 40.3 Å². The fourth-order valence-corrected chi connectivity index (χ4v) is 1.86. The highest BCUT2D eigenvalue weighted by Crippen LogP contribution is 2.26. The van der Waals surface area contributed by atoms with E-state index in [2.05, 4.69) is 10.5 Å². The van der Waals surface area contributed by atoms with E-state index < -0.39 is 10.7 Å². The Balaban J connectivity index is 2.55. The lowest BCUT2D eigenvalue weighted by Gasteiger charge is -2.17. The van der Waals surface area contributed by atoms with Crippen molar-refractivity contribution in [1.82, 2.24) is 5.16 Å². The van der Waals surface area contributed by atoms with Crippen LogP contribution in [0, 0.1) is 0 Å². The molecule has 0 aliphatic rings. The first kappa shape index (κ1) is 16.6. The predicted molar refractivity (Wildman–Crippen MR) is 78.0 cm³/mol. The molecular weight excluding hydrogens is 280 g/mol. The zero-order chi connectivity index (χ0) is 15.6. The van der Waals surface area contributed by atoms with E-state index in [-0.39, 0.29) is 23.0 Å². The van der Waals surface area contributed by atoms with Gasteiger partial charge in [0.2, 0.25) is 11.8 Å². The van der Waals surface area contributed by atoms with Crippen molar-refractivity contribution < 1.29 is 19.2 Å². The Morgan fingerprint density at radius 2 is 1.95 bits per heavy atom. The van der Waals surface area contributed by atoms with Crippen molar-refractivity contribution in [3.05, 3.63) is 11.8 Å². The Bertz CT molecular complexity index is 503. The van der Waals surface area contributed by atoms with Crippen LogP contribution >= 0.6 is 11.8 Å². The van der Waals surface area contributed by atoms with Crippen LogP contribution in [-0.2, 0) is 15.0 Å². The molecule has 112 valence electrons. The first-order valence-corrected chi connectivity index (χ1v) is 7.15. The molecule has 0 spiro atoms. The maximum Gasteiger partial charge on any atom is 0.319 e. The summed E-state index contributed by atoms with van der Waals surface area (Å²) in [6.07, 6.45) is 0. The van der Waals surface area contributed by atoms with Crippen molar-refractivity contribution in [2.75, 3.05) is 11.1 Å². The highest BCUT2D eigenvalue weighted by molar-refractivity contribution is 8.02. The van der Waals surface area contributed by atoms with Crippen molar-refractivity contribution in [1.29, 1.82) is 0 Å². The molecule has 0 fully saturated rings. The topological polar surface area (TPSA) is 92.4 Å². The van der Waals surface area contributed by atoms with Crippen molar-refractivity contribution >= 4 is 29.5 Å². The first-order valence-electron chi connectivity index (χ1n) is 6.17. The molecule has 2 N–H and O–H groups in total. The monoisotopic (exact) mass is 300 g/mol. The lowest BCUT2D eigenvalue weighted by atomic mass is 9.92. The van der Waals surface area contributed by atoms with E-state index in [1.54, 1.807) is 19.9 Å². The van der Waals surface area contributed by atoms with Crippen LogP contribution in [0.2, 0.25) is 0 Å². The van der Waals surface area contributed by atoms with Gasteiger partial charge in [-0.05, 0) is 13.8 Å². The Kier molecular flexibility index (Phi) is 4.86. The summed E-state index contributed by atoms with van der Waals surface area (Å²) in [5, 5.41) is 15.4. The number of thioether (sulfide) groups is 1. The van der Waals surface area contributed by atoms with E-state index in [0.717, 1.165) is 17.5 Å². The second-order valence-electron chi connectivity index (χ2n) is 5.98. The molecule has 6 nitrogen and oxygen atoms in total. The average molecular weight is 300 g/mol. The normalized spacial score (nSPS) is 12.2. The largest absolute Gasteiger partial charge is 0.480 e. The number of hydrogen-bond donors (Lipinski definition) is 2. The maximum absolute atomic E-state index is 11.7. The number of rotatable bonds is 5. The first-order chi connectivity index (χ1) is 9.02. The van der Waals surface area contributed by atoms with Gasteiger partial charge in [0, 0.05) is 11.5 Å². The zero-order valence-electron chi connectivity index (χ0n) is 12.3. The fourth-order valence-electron chi connectivity index (χ4n) is 1.17. The quantitative estimate of drug-likeness (QED) is 0.868. The molecule has 1 aromatic rings. The molecule has 1 rings (SSSR count). The molecule has 0 aliphatic heterocycles. The highest BCUT2D eigenvalue weighted by Gasteiger charge is 2.28. The van der Waals surface area contributed by atoms with E-state index in [1.165, 1.54) is 0 Å². The number of anilines is 1. The average Bonchev–Trinajstić information content (AvgIpc) is 2.74. The maximum atomic E-state index is 11.7. The van der Waals surface area contributed by atoms with Gasteiger partial charge >= 0.3 is 5.97 Å². The molecule has 20 heavy (non-hydrogen) atoms. The number of aliphatic carboxylic acids is 1. The summed E-state index contributed by atoms with van der Waals surface area (Å²) in [6.45, 7) is 9.07. The van der Waals surface area contributed by atoms with Gasteiger partial charge in [0.05, 0.1) is 11.4 Å². The Hall–Kier alpha value is -1.50. The summed E-state index contributed by atoms with van der Waals surface area (Å²) >= 11 is 1.05. The van der Waals surface area contributed by atoms with Crippen LogP contribution in [0.3, 0.4) is 0 Å². The molecule has 0 unspecified atom stereocenters. The minimum Gasteiger partial charge on any atom is -0.480 e. The molecule has 0 radical (unpaired) electrons. The SMILES string of the molecule is CC(C)(SCC(=O)Nc1cc(C(C)(C)C)no1)C(=O)O. The number of aromatic nitrogens is 1. The minimum atomic E-state index is -1.00. The molecule has 0 saturated carbocycles. The lowest BCUT2D eigenvalue weighted by Crippen LogP contribution is -2.29. The van der Waals surface area contributed by atoms with Gasteiger partial charge in [-0.25, -0.2) is 0 Å². The number of carbonyl (C=O) groups excluding carboxylic acids is 1. The van der Waals surface area contributed by atoms with Crippen LogP contribution in [0.5, 0.6) is 0 Å². The summed E-state index contributed by atoms with van der Waals surface area (Å²) in [4.78, 5) is 22.7. The second-order valence-corrected chi connectivity index (χ2v) is 7.58. The van der Waals surface area contributed by atoms with Crippen LogP contribution in [0.15, 0.2) is 10.6 Å². The second kappa shape index (κ2) is 5.87. The third kappa shape index (κ3) is 4.56. The predicted octanol–water partition coefficient (Wildman–Crippen LogP) is 2.51. The molecule has 1 heterocycles. The van der Waals surface area contributed by atoms with Gasteiger partial charge in [0.15, 0.2) is 0 Å². The zero-order valence-corrected chi connectivity index (χ0v) is 13.1. The van der Waals surface area contributed by atoms with Gasteiger partial charge in [-0.1, -0.05) is 25.9 Å². The van der Waals surface area contributed by atoms with Crippen molar-refractivity contribution in [2.24, 2.45) is 0 Å². The van der Waals surface area contributed by atoms with Gasteiger partial charge in [0.25, 0.3) is 0 Å². The summed E-state index contributed by atoms with van der Waals surface area (Å²) in [6, 6.07) is 1.67. The van der Waals surface area contributed by atoms with Gasteiger partial charge < -0.3 is 9.63 Å².